The minimum absolute atomic E-state index is 0. The summed E-state index contributed by atoms with van der Waals surface area (Å²) in [6, 6.07) is 12.0. The van der Waals surface area contributed by atoms with E-state index in [4.69, 9.17) is 5.73 Å². The molecule has 17 heavy (non-hydrogen) atoms. The van der Waals surface area contributed by atoms with Gasteiger partial charge in [0.25, 0.3) is 0 Å². The summed E-state index contributed by atoms with van der Waals surface area (Å²) in [6.45, 7) is 2.60. The summed E-state index contributed by atoms with van der Waals surface area (Å²) in [7, 11) is 0. The molecule has 0 aliphatic carbocycles. The van der Waals surface area contributed by atoms with Crippen LogP contribution in [0.2, 0.25) is 0 Å². The topological polar surface area (TPSA) is 50.9 Å². The first-order chi connectivity index (χ1) is 7.78. The van der Waals surface area contributed by atoms with E-state index in [1.807, 2.05) is 43.3 Å². The van der Waals surface area contributed by atoms with E-state index in [0.29, 0.717) is 6.54 Å². The maximum Gasteiger partial charge on any atom is 0.130 e. The molecular formula is C14H19N3. The average molecular weight is 229 g/mol. The summed E-state index contributed by atoms with van der Waals surface area (Å²) >= 11 is 0. The molecule has 0 saturated carbocycles. The number of aromatic nitrogens is 1. The number of benzene rings is 1. The third-order valence-electron chi connectivity index (χ3n) is 2.35. The monoisotopic (exact) mass is 229 g/mol. The van der Waals surface area contributed by atoms with Crippen LogP contribution in [0.3, 0.4) is 0 Å². The molecule has 3 N–H and O–H groups in total. The van der Waals surface area contributed by atoms with Crippen molar-refractivity contribution < 1.29 is 0 Å². The van der Waals surface area contributed by atoms with Crippen molar-refractivity contribution >= 4 is 11.5 Å². The van der Waals surface area contributed by atoms with Gasteiger partial charge in [0.1, 0.15) is 5.82 Å². The first-order valence-electron chi connectivity index (χ1n) is 5.26. The van der Waals surface area contributed by atoms with Gasteiger partial charge in [-0.05, 0) is 42.3 Å². The molecule has 0 fully saturated rings. The van der Waals surface area contributed by atoms with E-state index in [1.165, 1.54) is 5.56 Å². The molecule has 0 amide bonds. The average Bonchev–Trinajstić information content (AvgIpc) is 2.29. The number of nitrogens with one attached hydrogen (secondary N) is 1. The molecule has 3 heteroatoms. The zero-order chi connectivity index (χ0) is 11.4. The van der Waals surface area contributed by atoms with Crippen LogP contribution in [0.15, 0.2) is 42.6 Å². The number of anilines is 2. The lowest BCUT2D eigenvalue weighted by molar-refractivity contribution is 1.07. The van der Waals surface area contributed by atoms with Gasteiger partial charge in [-0.25, -0.2) is 4.98 Å². The second-order valence-electron chi connectivity index (χ2n) is 3.75. The zero-order valence-electron chi connectivity index (χ0n) is 9.27. The highest BCUT2D eigenvalue weighted by atomic mass is 15.0. The Balaban J connectivity index is 0.00000144. The number of pyridine rings is 1. The van der Waals surface area contributed by atoms with Crippen LogP contribution in [-0.2, 0) is 6.54 Å². The van der Waals surface area contributed by atoms with Gasteiger partial charge >= 0.3 is 0 Å². The molecule has 0 spiro atoms. The fraction of sp³-hybridized carbons (Fsp3) is 0.214. The van der Waals surface area contributed by atoms with Gasteiger partial charge in [-0.2, -0.15) is 0 Å². The lowest BCUT2D eigenvalue weighted by Crippen LogP contribution is -1.98. The van der Waals surface area contributed by atoms with E-state index in [1.54, 1.807) is 6.20 Å². The Morgan fingerprint density at radius 3 is 2.76 bits per heavy atom. The third-order valence-corrected chi connectivity index (χ3v) is 2.35. The maximum atomic E-state index is 5.59. The zero-order valence-corrected chi connectivity index (χ0v) is 9.27. The van der Waals surface area contributed by atoms with Crippen molar-refractivity contribution in [2.75, 3.05) is 5.32 Å². The number of hydrogen-bond donors (Lipinski definition) is 2. The predicted octanol–water partition coefficient (Wildman–Crippen LogP) is 3.23. The Labute approximate surface area is 103 Å². The Kier molecular flexibility index (Phi) is 4.67. The Morgan fingerprint density at radius 1 is 1.24 bits per heavy atom. The Hall–Kier alpha value is -1.87. The molecule has 1 heterocycles. The normalized spacial score (nSPS) is 9.53. The molecule has 0 saturated heterocycles. The molecule has 0 atom stereocenters. The lowest BCUT2D eigenvalue weighted by Gasteiger charge is -2.07. The van der Waals surface area contributed by atoms with Gasteiger partial charge in [0, 0.05) is 18.4 Å². The van der Waals surface area contributed by atoms with Crippen molar-refractivity contribution in [3.8, 4) is 0 Å². The summed E-state index contributed by atoms with van der Waals surface area (Å²) in [6.07, 6.45) is 1.80. The molecule has 1 aromatic heterocycles. The van der Waals surface area contributed by atoms with Crippen molar-refractivity contribution in [3.05, 3.63) is 53.7 Å². The molecule has 1 aromatic carbocycles. The molecule has 0 bridgehead atoms. The molecule has 3 nitrogen and oxygen atoms in total. The Bertz CT molecular complexity index is 480. The second kappa shape index (κ2) is 6.01. The van der Waals surface area contributed by atoms with Crippen LogP contribution in [-0.4, -0.2) is 4.98 Å². The number of aryl methyl sites for hydroxylation is 1. The highest BCUT2D eigenvalue weighted by Crippen LogP contribution is 2.16. The van der Waals surface area contributed by atoms with E-state index in [0.717, 1.165) is 17.1 Å². The predicted molar refractivity (Wildman–Crippen MR) is 73.3 cm³/mol. The molecule has 2 aromatic rings. The number of hydrogen-bond acceptors (Lipinski definition) is 3. The standard InChI is InChI=1S/C13H15N3.CH4/c1-10-5-6-15-13(7-10)16-12-4-2-3-11(8-12)9-14;/h2-8H,9,14H2,1H3,(H,15,16);1H4. The van der Waals surface area contributed by atoms with Gasteiger partial charge in [0.15, 0.2) is 0 Å². The minimum Gasteiger partial charge on any atom is -0.340 e. The van der Waals surface area contributed by atoms with E-state index < -0.39 is 0 Å². The molecular weight excluding hydrogens is 210 g/mol. The van der Waals surface area contributed by atoms with Crippen LogP contribution in [0.25, 0.3) is 0 Å². The van der Waals surface area contributed by atoms with Gasteiger partial charge in [-0.1, -0.05) is 19.6 Å². The van der Waals surface area contributed by atoms with Crippen LogP contribution < -0.4 is 11.1 Å². The third kappa shape index (κ3) is 3.57. The summed E-state index contributed by atoms with van der Waals surface area (Å²) in [5.74, 6) is 0.856. The fourth-order valence-electron chi connectivity index (χ4n) is 1.53. The number of rotatable bonds is 3. The van der Waals surface area contributed by atoms with Crippen molar-refractivity contribution in [1.29, 1.82) is 0 Å². The SMILES string of the molecule is C.Cc1ccnc(Nc2cccc(CN)c2)c1. The lowest BCUT2D eigenvalue weighted by atomic mass is 10.2. The van der Waals surface area contributed by atoms with Crippen molar-refractivity contribution in [2.24, 2.45) is 5.73 Å². The molecule has 0 unspecified atom stereocenters. The van der Waals surface area contributed by atoms with Crippen LogP contribution in [0.4, 0.5) is 11.5 Å². The first kappa shape index (κ1) is 13.2. The molecule has 0 aliphatic heterocycles. The fourth-order valence-corrected chi connectivity index (χ4v) is 1.53. The van der Waals surface area contributed by atoms with Gasteiger partial charge in [-0.15, -0.1) is 0 Å². The van der Waals surface area contributed by atoms with Gasteiger partial charge in [-0.3, -0.25) is 0 Å². The van der Waals surface area contributed by atoms with E-state index >= 15 is 0 Å². The summed E-state index contributed by atoms with van der Waals surface area (Å²) in [5.41, 5.74) is 8.90. The molecule has 0 radical (unpaired) electrons. The summed E-state index contributed by atoms with van der Waals surface area (Å²) < 4.78 is 0. The molecule has 90 valence electrons. The maximum absolute atomic E-state index is 5.59. The number of nitrogens with zero attached hydrogens (tertiary/aromatic N) is 1. The smallest absolute Gasteiger partial charge is 0.130 e. The van der Waals surface area contributed by atoms with Crippen molar-refractivity contribution in [3.63, 3.8) is 0 Å². The second-order valence-corrected chi connectivity index (χ2v) is 3.75. The van der Waals surface area contributed by atoms with Crippen LogP contribution in [0.1, 0.15) is 18.6 Å². The number of nitrogens with two attached hydrogens (primary N) is 1. The summed E-state index contributed by atoms with van der Waals surface area (Å²) in [4.78, 5) is 4.25. The minimum atomic E-state index is 0. The first-order valence-corrected chi connectivity index (χ1v) is 5.26. The van der Waals surface area contributed by atoms with Crippen molar-refractivity contribution in [1.82, 2.24) is 4.98 Å². The largest absolute Gasteiger partial charge is 0.340 e. The van der Waals surface area contributed by atoms with Gasteiger partial charge in [0.05, 0.1) is 0 Å². The van der Waals surface area contributed by atoms with Crippen LogP contribution in [0.5, 0.6) is 0 Å². The van der Waals surface area contributed by atoms with E-state index in [-0.39, 0.29) is 7.43 Å². The highest BCUT2D eigenvalue weighted by Gasteiger charge is 1.97. The quantitative estimate of drug-likeness (QED) is 0.849. The van der Waals surface area contributed by atoms with Gasteiger partial charge < -0.3 is 11.1 Å². The van der Waals surface area contributed by atoms with Crippen LogP contribution in [0, 0.1) is 6.92 Å². The van der Waals surface area contributed by atoms with E-state index in [9.17, 15) is 0 Å². The Morgan fingerprint density at radius 2 is 2.06 bits per heavy atom. The van der Waals surface area contributed by atoms with Gasteiger partial charge in [0.2, 0.25) is 0 Å². The van der Waals surface area contributed by atoms with Crippen LogP contribution >= 0.6 is 0 Å². The molecule has 0 aliphatic rings. The van der Waals surface area contributed by atoms with E-state index in [2.05, 4.69) is 10.3 Å². The molecule has 2 rings (SSSR count). The summed E-state index contributed by atoms with van der Waals surface area (Å²) in [5, 5.41) is 3.25. The highest BCUT2D eigenvalue weighted by molar-refractivity contribution is 5.57. The van der Waals surface area contributed by atoms with Crippen molar-refractivity contribution in [2.45, 2.75) is 20.9 Å².